The molecule has 121 valence electrons. The Morgan fingerprint density at radius 1 is 1.04 bits per heavy atom. The van der Waals surface area contributed by atoms with Crippen molar-refractivity contribution >= 4 is 0 Å². The van der Waals surface area contributed by atoms with Crippen LogP contribution in [0.3, 0.4) is 0 Å². The predicted octanol–water partition coefficient (Wildman–Crippen LogP) is 4.54. The molecule has 0 fully saturated rings. The molecular weight excluding hydrogens is 474 g/mol. The molecule has 0 amide bonds. The molecule has 2 nitrogen and oxygen atoms in total. The van der Waals surface area contributed by atoms with E-state index in [1.807, 2.05) is 25.3 Å². The Bertz CT molecular complexity index is 833. The molecule has 2 aromatic carbocycles. The number of aromatic nitrogens is 2. The normalized spacial score (nSPS) is 10.5. The van der Waals surface area contributed by atoms with Crippen molar-refractivity contribution in [1.29, 1.82) is 0 Å². The maximum absolute atomic E-state index is 14.1. The summed E-state index contributed by atoms with van der Waals surface area (Å²) in [7, 11) is 0. The minimum absolute atomic E-state index is 0. The van der Waals surface area contributed by atoms with E-state index >= 15 is 0 Å². The second-order valence-corrected chi connectivity index (χ2v) is 5.41. The van der Waals surface area contributed by atoms with E-state index < -0.39 is 11.6 Å². The molecule has 0 aliphatic rings. The number of benzene rings is 2. The van der Waals surface area contributed by atoms with Crippen LogP contribution in [0.1, 0.15) is 16.7 Å². The van der Waals surface area contributed by atoms with Crippen LogP contribution in [0.15, 0.2) is 36.7 Å². The third-order valence-electron chi connectivity index (χ3n) is 3.60. The monoisotopic (exact) mass is 490 g/mol. The first-order valence-corrected chi connectivity index (χ1v) is 6.96. The van der Waals surface area contributed by atoms with Gasteiger partial charge in [-0.15, -0.1) is 12.1 Å². The SMILES string of the molecule is Cc1cc(C)c(-n2ccnc2-c2[c-]cc(F)cc2F)c(C)c1.[Ir]. The van der Waals surface area contributed by atoms with E-state index in [4.69, 9.17) is 0 Å². The van der Waals surface area contributed by atoms with Crippen molar-refractivity contribution in [2.45, 2.75) is 20.8 Å². The molecule has 1 aromatic heterocycles. The predicted molar refractivity (Wildman–Crippen MR) is 82.0 cm³/mol. The standard InChI is InChI=1S/C18H15F2N2.Ir/c1-11-8-12(2)17(13(3)9-11)22-7-6-21-18(22)15-5-4-14(19)10-16(15)20;/h4,6-10H,1-3H3;/q-1;. The summed E-state index contributed by atoms with van der Waals surface area (Å²) in [6, 6.07) is 8.73. The van der Waals surface area contributed by atoms with Gasteiger partial charge in [0.2, 0.25) is 0 Å². The molecule has 0 atom stereocenters. The molecule has 0 saturated carbocycles. The Labute approximate surface area is 147 Å². The van der Waals surface area contributed by atoms with E-state index in [1.165, 1.54) is 5.56 Å². The topological polar surface area (TPSA) is 17.8 Å². The number of nitrogens with zero attached hydrogens (tertiary/aromatic N) is 2. The van der Waals surface area contributed by atoms with Crippen LogP contribution in [0.5, 0.6) is 0 Å². The number of aryl methyl sites for hydroxylation is 3. The van der Waals surface area contributed by atoms with E-state index in [-0.39, 0.29) is 25.7 Å². The van der Waals surface area contributed by atoms with Gasteiger partial charge in [-0.2, -0.15) is 0 Å². The van der Waals surface area contributed by atoms with E-state index in [0.717, 1.165) is 28.9 Å². The summed E-state index contributed by atoms with van der Waals surface area (Å²) in [6.07, 6.45) is 3.38. The molecule has 0 saturated heterocycles. The molecule has 5 heteroatoms. The number of rotatable bonds is 2. The largest absolute Gasteiger partial charge is 0.339 e. The fourth-order valence-electron chi connectivity index (χ4n) is 2.84. The van der Waals surface area contributed by atoms with Gasteiger partial charge >= 0.3 is 0 Å². The van der Waals surface area contributed by atoms with Gasteiger partial charge in [-0.1, -0.05) is 29.3 Å². The molecule has 0 aliphatic heterocycles. The van der Waals surface area contributed by atoms with Gasteiger partial charge in [-0.3, -0.25) is 13.8 Å². The van der Waals surface area contributed by atoms with Gasteiger partial charge in [-0.05, 0) is 31.9 Å². The summed E-state index contributed by atoms with van der Waals surface area (Å²) >= 11 is 0. The Morgan fingerprint density at radius 2 is 1.70 bits per heavy atom. The first-order chi connectivity index (χ1) is 10.5. The van der Waals surface area contributed by atoms with Gasteiger partial charge in [0.1, 0.15) is 0 Å². The Balaban J connectivity index is 0.00000192. The summed E-state index contributed by atoms with van der Waals surface area (Å²) in [6.45, 7) is 6.04. The third-order valence-corrected chi connectivity index (χ3v) is 3.60. The quantitative estimate of drug-likeness (QED) is 0.484. The van der Waals surface area contributed by atoms with Gasteiger partial charge in [-0.25, -0.2) is 0 Å². The van der Waals surface area contributed by atoms with Crippen LogP contribution in [0.2, 0.25) is 0 Å². The minimum Gasteiger partial charge on any atom is -0.339 e. The zero-order valence-corrected chi connectivity index (χ0v) is 15.3. The molecule has 0 bridgehead atoms. The van der Waals surface area contributed by atoms with Crippen LogP contribution in [-0.2, 0) is 20.1 Å². The van der Waals surface area contributed by atoms with Crippen molar-refractivity contribution in [3.05, 3.63) is 71.1 Å². The molecule has 3 rings (SSSR count). The Morgan fingerprint density at radius 3 is 2.30 bits per heavy atom. The Hall–Kier alpha value is -1.84. The second-order valence-electron chi connectivity index (χ2n) is 5.41. The third kappa shape index (κ3) is 3.26. The van der Waals surface area contributed by atoms with Crippen molar-refractivity contribution in [2.24, 2.45) is 0 Å². The first-order valence-electron chi connectivity index (χ1n) is 6.96. The second kappa shape index (κ2) is 6.73. The molecule has 0 aliphatic carbocycles. The van der Waals surface area contributed by atoms with Crippen LogP contribution in [0.25, 0.3) is 17.1 Å². The number of hydrogen-bond acceptors (Lipinski definition) is 1. The molecule has 23 heavy (non-hydrogen) atoms. The number of hydrogen-bond donors (Lipinski definition) is 0. The van der Waals surface area contributed by atoms with Gasteiger partial charge in [0, 0.05) is 49.8 Å². The summed E-state index contributed by atoms with van der Waals surface area (Å²) in [5.41, 5.74) is 4.42. The van der Waals surface area contributed by atoms with Gasteiger partial charge < -0.3 is 4.57 Å². The van der Waals surface area contributed by atoms with E-state index in [9.17, 15) is 8.78 Å². The molecule has 0 spiro atoms. The molecule has 0 N–H and O–H groups in total. The van der Waals surface area contributed by atoms with Gasteiger partial charge in [0.15, 0.2) is 0 Å². The van der Waals surface area contributed by atoms with Crippen LogP contribution in [-0.4, -0.2) is 9.55 Å². The van der Waals surface area contributed by atoms with Crippen molar-refractivity contribution in [2.75, 3.05) is 0 Å². The van der Waals surface area contributed by atoms with Crippen LogP contribution in [0, 0.1) is 38.5 Å². The maximum Gasteiger partial charge on any atom is 0.0630 e. The summed E-state index contributed by atoms with van der Waals surface area (Å²) in [5, 5.41) is 0. The van der Waals surface area contributed by atoms with Crippen LogP contribution in [0.4, 0.5) is 8.78 Å². The number of halogens is 2. The average Bonchev–Trinajstić information content (AvgIpc) is 2.86. The van der Waals surface area contributed by atoms with Crippen molar-refractivity contribution in [1.82, 2.24) is 9.55 Å². The fourth-order valence-corrected chi connectivity index (χ4v) is 2.84. The molecule has 1 heterocycles. The van der Waals surface area contributed by atoms with E-state index in [1.54, 1.807) is 12.4 Å². The zero-order chi connectivity index (χ0) is 15.9. The van der Waals surface area contributed by atoms with Gasteiger partial charge in [0.25, 0.3) is 0 Å². The van der Waals surface area contributed by atoms with E-state index in [2.05, 4.69) is 23.2 Å². The fraction of sp³-hybridized carbons (Fsp3) is 0.167. The number of imidazole rings is 1. The van der Waals surface area contributed by atoms with Crippen molar-refractivity contribution in [3.63, 3.8) is 0 Å². The summed E-state index contributed by atoms with van der Waals surface area (Å²) in [4.78, 5) is 4.23. The van der Waals surface area contributed by atoms with Crippen LogP contribution >= 0.6 is 0 Å². The molecule has 1 radical (unpaired) electrons. The molecule has 0 unspecified atom stereocenters. The Kier molecular flexibility index (Phi) is 5.12. The van der Waals surface area contributed by atoms with Crippen molar-refractivity contribution < 1.29 is 28.9 Å². The first kappa shape index (κ1) is 17.5. The summed E-state index contributed by atoms with van der Waals surface area (Å²) in [5.74, 6) is -0.913. The average molecular weight is 490 g/mol. The maximum atomic E-state index is 14.1. The minimum atomic E-state index is -0.671. The van der Waals surface area contributed by atoms with Gasteiger partial charge in [0.05, 0.1) is 5.82 Å². The van der Waals surface area contributed by atoms with Crippen molar-refractivity contribution in [3.8, 4) is 17.1 Å². The van der Waals surface area contributed by atoms with Crippen LogP contribution < -0.4 is 0 Å². The molecular formula is C18H15F2IrN2-. The van der Waals surface area contributed by atoms with E-state index in [0.29, 0.717) is 5.82 Å². The molecule has 3 aromatic rings. The smallest absolute Gasteiger partial charge is 0.0630 e. The summed E-state index contributed by atoms with van der Waals surface area (Å²) < 4.78 is 29.0. The zero-order valence-electron chi connectivity index (χ0n) is 12.9.